The summed E-state index contributed by atoms with van der Waals surface area (Å²) >= 11 is 0. The minimum atomic E-state index is -4.06. The molecule has 0 aliphatic rings. The third-order valence-electron chi connectivity index (χ3n) is 2.44. The Morgan fingerprint density at radius 2 is 2.05 bits per heavy atom. The van der Waals surface area contributed by atoms with Crippen molar-refractivity contribution in [1.29, 1.82) is 0 Å². The summed E-state index contributed by atoms with van der Waals surface area (Å²) in [4.78, 5) is 10.0. The first kappa shape index (κ1) is 17.5. The van der Waals surface area contributed by atoms with Crippen molar-refractivity contribution in [3.8, 4) is 0 Å². The average molecular weight is 321 g/mol. The summed E-state index contributed by atoms with van der Waals surface area (Å²) in [6, 6.07) is 2.59. The van der Waals surface area contributed by atoms with Crippen LogP contribution in [0.15, 0.2) is 23.1 Å². The summed E-state index contributed by atoms with van der Waals surface area (Å²) in [5.41, 5.74) is -0.325. The molecule has 0 radical (unpaired) electrons. The van der Waals surface area contributed by atoms with Gasteiger partial charge in [0.25, 0.3) is 0 Å². The van der Waals surface area contributed by atoms with E-state index in [0.29, 0.717) is 19.3 Å². The zero-order valence-electron chi connectivity index (χ0n) is 11.3. The number of nitrogens with one attached hydrogen (secondary N) is 1. The molecule has 0 aliphatic carbocycles. The fourth-order valence-corrected chi connectivity index (χ4v) is 2.49. The highest BCUT2D eigenvalue weighted by molar-refractivity contribution is 7.89. The van der Waals surface area contributed by atoms with E-state index in [1.165, 1.54) is 7.11 Å². The number of hydrogen-bond donors (Lipinski definition) is 2. The van der Waals surface area contributed by atoms with Crippen LogP contribution in [0, 0.1) is 5.82 Å². The van der Waals surface area contributed by atoms with Crippen molar-refractivity contribution >= 4 is 16.0 Å². The van der Waals surface area contributed by atoms with Gasteiger partial charge in [-0.25, -0.2) is 22.3 Å². The van der Waals surface area contributed by atoms with E-state index in [0.717, 1.165) is 12.1 Å². The van der Waals surface area contributed by atoms with Crippen molar-refractivity contribution in [3.05, 3.63) is 29.6 Å². The molecule has 2 N–H and O–H groups in total. The molecular formula is C12H16FNO6S. The highest BCUT2D eigenvalue weighted by Crippen LogP contribution is 2.15. The quantitative estimate of drug-likeness (QED) is 0.641. The van der Waals surface area contributed by atoms with Gasteiger partial charge in [0.1, 0.15) is 10.7 Å². The van der Waals surface area contributed by atoms with Gasteiger partial charge < -0.3 is 14.6 Å². The van der Waals surface area contributed by atoms with E-state index in [1.807, 2.05) is 0 Å². The minimum absolute atomic E-state index is 0.0355. The number of carbonyl (C=O) groups is 1. The lowest BCUT2D eigenvalue weighted by Crippen LogP contribution is -2.28. The van der Waals surface area contributed by atoms with Crippen LogP contribution in [-0.2, 0) is 19.5 Å². The first-order chi connectivity index (χ1) is 9.88. The summed E-state index contributed by atoms with van der Waals surface area (Å²) in [5, 5.41) is 8.69. The van der Waals surface area contributed by atoms with Crippen molar-refractivity contribution < 1.29 is 32.2 Å². The molecule has 0 atom stereocenters. The molecule has 9 heteroatoms. The molecule has 7 nitrogen and oxygen atoms in total. The molecule has 0 amide bonds. The fourth-order valence-electron chi connectivity index (χ4n) is 1.42. The molecule has 118 valence electrons. The molecule has 1 aromatic rings. The number of aromatic carboxylic acids is 1. The summed E-state index contributed by atoms with van der Waals surface area (Å²) in [5.74, 6) is -2.46. The van der Waals surface area contributed by atoms with Gasteiger partial charge in [-0.1, -0.05) is 0 Å². The third-order valence-corrected chi connectivity index (χ3v) is 3.93. The second-order valence-corrected chi connectivity index (χ2v) is 5.69. The Morgan fingerprint density at radius 3 is 2.62 bits per heavy atom. The van der Waals surface area contributed by atoms with Crippen LogP contribution in [0.5, 0.6) is 0 Å². The number of carboxylic acids is 1. The van der Waals surface area contributed by atoms with Crippen molar-refractivity contribution in [2.24, 2.45) is 0 Å². The highest BCUT2D eigenvalue weighted by Gasteiger charge is 2.19. The Kier molecular flexibility index (Phi) is 6.69. The first-order valence-corrected chi connectivity index (χ1v) is 7.46. The second-order valence-electron chi connectivity index (χ2n) is 3.95. The molecule has 0 unspecified atom stereocenters. The number of methoxy groups -OCH3 is 1. The Morgan fingerprint density at radius 1 is 1.33 bits per heavy atom. The maximum Gasteiger partial charge on any atom is 0.335 e. The van der Waals surface area contributed by atoms with Crippen molar-refractivity contribution in [1.82, 2.24) is 4.72 Å². The van der Waals surface area contributed by atoms with Crippen molar-refractivity contribution in [2.45, 2.75) is 4.90 Å². The second kappa shape index (κ2) is 8.03. The monoisotopic (exact) mass is 321 g/mol. The zero-order valence-corrected chi connectivity index (χ0v) is 12.2. The van der Waals surface area contributed by atoms with E-state index in [1.54, 1.807) is 0 Å². The van der Waals surface area contributed by atoms with Gasteiger partial charge in [-0.15, -0.1) is 0 Å². The van der Waals surface area contributed by atoms with Gasteiger partial charge in [-0.3, -0.25) is 0 Å². The minimum Gasteiger partial charge on any atom is -0.478 e. The molecule has 0 fully saturated rings. The normalized spacial score (nSPS) is 11.5. The Balaban J connectivity index is 2.64. The van der Waals surface area contributed by atoms with Crippen LogP contribution in [0.3, 0.4) is 0 Å². The fraction of sp³-hybridized carbons (Fsp3) is 0.417. The molecule has 0 heterocycles. The van der Waals surface area contributed by atoms with E-state index < -0.39 is 26.7 Å². The SMILES string of the molecule is COCCOCCNS(=O)(=O)c1ccc(C(=O)O)cc1F. The number of halogens is 1. The van der Waals surface area contributed by atoms with Gasteiger partial charge in [-0.05, 0) is 18.2 Å². The van der Waals surface area contributed by atoms with E-state index in [2.05, 4.69) is 4.72 Å². The largest absolute Gasteiger partial charge is 0.478 e. The summed E-state index contributed by atoms with van der Waals surface area (Å²) in [6.45, 7) is 0.779. The molecule has 0 aromatic heterocycles. The van der Waals surface area contributed by atoms with Crippen LogP contribution in [-0.4, -0.2) is 53.0 Å². The van der Waals surface area contributed by atoms with Gasteiger partial charge in [0.15, 0.2) is 0 Å². The number of ether oxygens (including phenoxy) is 2. The van der Waals surface area contributed by atoms with Crippen molar-refractivity contribution in [3.63, 3.8) is 0 Å². The van der Waals surface area contributed by atoms with Gasteiger partial charge in [0.05, 0.1) is 25.4 Å². The number of hydrogen-bond acceptors (Lipinski definition) is 5. The standard InChI is InChI=1S/C12H16FNO6S/c1-19-6-7-20-5-4-14-21(17,18)11-3-2-9(12(15)16)8-10(11)13/h2-3,8,14H,4-7H2,1H3,(H,15,16). The van der Waals surface area contributed by atoms with Gasteiger partial charge >= 0.3 is 5.97 Å². The molecule has 1 rings (SSSR count). The number of carboxylic acid groups (broad SMARTS) is 1. The summed E-state index contributed by atoms with van der Waals surface area (Å²) in [6.07, 6.45) is 0. The average Bonchev–Trinajstić information content (AvgIpc) is 2.42. The Labute approximate surface area is 121 Å². The molecule has 0 saturated heterocycles. The zero-order chi connectivity index (χ0) is 15.9. The van der Waals surface area contributed by atoms with E-state index in [9.17, 15) is 17.6 Å². The van der Waals surface area contributed by atoms with Gasteiger partial charge in [0.2, 0.25) is 10.0 Å². The Hall–Kier alpha value is -1.55. The van der Waals surface area contributed by atoms with E-state index in [4.69, 9.17) is 14.6 Å². The van der Waals surface area contributed by atoms with Crippen LogP contribution in [0.25, 0.3) is 0 Å². The topological polar surface area (TPSA) is 102 Å². The molecule has 21 heavy (non-hydrogen) atoms. The van der Waals surface area contributed by atoms with E-state index in [-0.39, 0.29) is 18.7 Å². The molecule has 0 saturated carbocycles. The summed E-state index contributed by atoms with van der Waals surface area (Å²) in [7, 11) is -2.55. The Bertz CT molecular complexity index is 589. The molecule has 0 bridgehead atoms. The molecule has 1 aromatic carbocycles. The maximum absolute atomic E-state index is 13.7. The van der Waals surface area contributed by atoms with Gasteiger partial charge in [0, 0.05) is 13.7 Å². The lowest BCUT2D eigenvalue weighted by molar-refractivity contribution is 0.0696. The van der Waals surface area contributed by atoms with Crippen LogP contribution in [0.2, 0.25) is 0 Å². The third kappa shape index (κ3) is 5.38. The first-order valence-electron chi connectivity index (χ1n) is 5.97. The molecular weight excluding hydrogens is 305 g/mol. The molecule has 0 spiro atoms. The van der Waals surface area contributed by atoms with E-state index >= 15 is 0 Å². The lowest BCUT2D eigenvalue weighted by Gasteiger charge is -2.08. The lowest BCUT2D eigenvalue weighted by atomic mass is 10.2. The smallest absolute Gasteiger partial charge is 0.335 e. The van der Waals surface area contributed by atoms with Crippen LogP contribution >= 0.6 is 0 Å². The number of sulfonamides is 1. The number of rotatable bonds is 9. The van der Waals surface area contributed by atoms with Gasteiger partial charge in [-0.2, -0.15) is 0 Å². The number of benzene rings is 1. The highest BCUT2D eigenvalue weighted by atomic mass is 32.2. The van der Waals surface area contributed by atoms with Crippen LogP contribution in [0.1, 0.15) is 10.4 Å². The maximum atomic E-state index is 13.7. The predicted molar refractivity (Wildman–Crippen MR) is 71.2 cm³/mol. The predicted octanol–water partition coefficient (Wildman–Crippen LogP) is 0.465. The van der Waals surface area contributed by atoms with Crippen LogP contribution < -0.4 is 4.72 Å². The molecule has 0 aliphatic heterocycles. The van der Waals surface area contributed by atoms with Crippen molar-refractivity contribution in [2.75, 3.05) is 33.5 Å². The summed E-state index contributed by atoms with van der Waals surface area (Å²) < 4.78 is 49.3. The van der Waals surface area contributed by atoms with Crippen LogP contribution in [0.4, 0.5) is 4.39 Å².